The van der Waals surface area contributed by atoms with E-state index in [0.717, 1.165) is 50.0 Å². The maximum absolute atomic E-state index is 13.3. The van der Waals surface area contributed by atoms with Crippen molar-refractivity contribution in [2.45, 2.75) is 36.4 Å². The van der Waals surface area contributed by atoms with Crippen molar-refractivity contribution >= 4 is 39.0 Å². The molecule has 2 aliphatic rings. The van der Waals surface area contributed by atoms with E-state index < -0.39 is 21.8 Å². The van der Waals surface area contributed by atoms with Crippen molar-refractivity contribution in [3.8, 4) is 0 Å². The van der Waals surface area contributed by atoms with Crippen LogP contribution in [0.2, 0.25) is 5.15 Å². The zero-order valence-electron chi connectivity index (χ0n) is 23.9. The number of sulfonamides is 1. The summed E-state index contributed by atoms with van der Waals surface area (Å²) in [6, 6.07) is 15.4. The smallest absolute Gasteiger partial charge is 0.354 e. The van der Waals surface area contributed by atoms with E-state index >= 15 is 0 Å². The first kappa shape index (κ1) is 32.2. The van der Waals surface area contributed by atoms with E-state index in [1.54, 1.807) is 11.0 Å². The maximum atomic E-state index is 13.3. The summed E-state index contributed by atoms with van der Waals surface area (Å²) in [6.45, 7) is 2.96. The minimum absolute atomic E-state index is 0.0414. The molecule has 9 nitrogen and oxygen atoms in total. The third-order valence-corrected chi connectivity index (χ3v) is 10.1. The number of rotatable bonds is 9. The van der Waals surface area contributed by atoms with Gasteiger partial charge in [0.25, 0.3) is 5.91 Å². The molecule has 2 aliphatic heterocycles. The number of nitrogens with one attached hydrogen (secondary N) is 1. The molecule has 1 atom stereocenters. The molecule has 1 aromatic heterocycles. The molecule has 2 saturated heterocycles. The van der Waals surface area contributed by atoms with Crippen molar-refractivity contribution in [3.05, 3.63) is 82.5 Å². The van der Waals surface area contributed by atoms with Gasteiger partial charge in [-0.15, -0.1) is 0 Å². The van der Waals surface area contributed by atoms with Crippen molar-refractivity contribution in [3.63, 3.8) is 0 Å². The van der Waals surface area contributed by atoms with Gasteiger partial charge in [0.15, 0.2) is 0 Å². The molecule has 5 rings (SSSR count). The fourth-order valence-electron chi connectivity index (χ4n) is 5.68. The summed E-state index contributed by atoms with van der Waals surface area (Å²) in [5, 5.41) is 2.55. The summed E-state index contributed by atoms with van der Waals surface area (Å²) < 4.78 is 67.5. The molecular formula is C30H34ClF3N6O3S. The monoisotopic (exact) mass is 650 g/mol. The van der Waals surface area contributed by atoms with Gasteiger partial charge in [0, 0.05) is 43.5 Å². The highest BCUT2D eigenvalue weighted by Gasteiger charge is 2.34. The Balaban J connectivity index is 1.20. The number of carbonyl (C=O) groups excluding carboxylic acids is 1. The topological polar surface area (TPSA) is 112 Å². The van der Waals surface area contributed by atoms with Crippen molar-refractivity contribution in [1.29, 1.82) is 0 Å². The van der Waals surface area contributed by atoms with Crippen molar-refractivity contribution in [2.24, 2.45) is 5.73 Å². The average molecular weight is 651 g/mol. The molecule has 2 aromatic carbocycles. The van der Waals surface area contributed by atoms with Gasteiger partial charge >= 0.3 is 6.18 Å². The molecule has 44 heavy (non-hydrogen) atoms. The molecule has 3 N–H and O–H groups in total. The highest BCUT2D eigenvalue weighted by molar-refractivity contribution is 7.89. The van der Waals surface area contributed by atoms with Gasteiger partial charge in [-0.25, -0.2) is 13.4 Å². The van der Waals surface area contributed by atoms with Gasteiger partial charge in [-0.3, -0.25) is 9.69 Å². The van der Waals surface area contributed by atoms with Crippen LogP contribution in [0.4, 0.5) is 24.7 Å². The Hall–Kier alpha value is -3.23. The van der Waals surface area contributed by atoms with Crippen LogP contribution in [0.3, 0.4) is 0 Å². The maximum Gasteiger partial charge on any atom is 0.416 e. The number of hydrogen-bond donors (Lipinski definition) is 2. The lowest BCUT2D eigenvalue weighted by atomic mass is 10.0. The largest absolute Gasteiger partial charge is 0.416 e. The van der Waals surface area contributed by atoms with Crippen LogP contribution in [0.25, 0.3) is 0 Å². The summed E-state index contributed by atoms with van der Waals surface area (Å²) >= 11 is 5.81. The Morgan fingerprint density at radius 3 is 2.43 bits per heavy atom. The van der Waals surface area contributed by atoms with Crippen LogP contribution < -0.4 is 16.0 Å². The zero-order valence-corrected chi connectivity index (χ0v) is 25.5. The van der Waals surface area contributed by atoms with E-state index in [9.17, 15) is 26.4 Å². The number of anilines is 2. The Morgan fingerprint density at radius 1 is 1.02 bits per heavy atom. The highest BCUT2D eigenvalue weighted by atomic mass is 35.5. The molecule has 2 fully saturated rings. The predicted octanol–water partition coefficient (Wildman–Crippen LogP) is 5.00. The third kappa shape index (κ3) is 7.35. The number of aromatic nitrogens is 1. The van der Waals surface area contributed by atoms with Gasteiger partial charge in [0.2, 0.25) is 10.0 Å². The van der Waals surface area contributed by atoms with Crippen LogP contribution in [0.5, 0.6) is 0 Å². The molecule has 0 spiro atoms. The number of benzene rings is 2. The molecule has 1 unspecified atom stereocenters. The summed E-state index contributed by atoms with van der Waals surface area (Å²) in [5.74, 6) is -0.256. The van der Waals surface area contributed by atoms with Crippen molar-refractivity contribution in [2.75, 3.05) is 56.0 Å². The lowest BCUT2D eigenvalue weighted by Gasteiger charge is -2.35. The first-order valence-electron chi connectivity index (χ1n) is 14.4. The standard InChI is InChI=1S/C30H34ClF3N6O3S/c31-27-19-23(30(32,33)34)20-28(37-27)39-14-16-40(17-15-39)44(42,43)25-9-7-24(8-10-25)36-29(41)22-5-1-4-21(18-22)26-6-2-12-38(26)13-3-11-35/h1,4-5,7-10,18-20,26H,2-3,6,11-17,35H2,(H,36,41). The normalized spacial score (nSPS) is 18.5. The van der Waals surface area contributed by atoms with Gasteiger partial charge in [-0.1, -0.05) is 23.7 Å². The summed E-state index contributed by atoms with van der Waals surface area (Å²) in [5.41, 5.74) is 6.82. The number of nitrogens with zero attached hydrogens (tertiary/aromatic N) is 4. The fourth-order valence-corrected chi connectivity index (χ4v) is 7.31. The van der Waals surface area contributed by atoms with Crippen molar-refractivity contribution < 1.29 is 26.4 Å². The number of likely N-dealkylation sites (tertiary alicyclic amines) is 1. The molecule has 236 valence electrons. The molecule has 0 aliphatic carbocycles. The Kier molecular flexibility index (Phi) is 9.80. The fraction of sp³-hybridized carbons (Fsp3) is 0.400. The number of alkyl halides is 3. The Labute approximate surface area is 259 Å². The first-order chi connectivity index (χ1) is 21.0. The van der Waals surface area contributed by atoms with Crippen LogP contribution in [0.15, 0.2) is 65.6 Å². The van der Waals surface area contributed by atoms with Crippen LogP contribution in [-0.2, 0) is 16.2 Å². The number of carbonyl (C=O) groups is 1. The van der Waals surface area contributed by atoms with Gasteiger partial charge < -0.3 is 16.0 Å². The molecule has 0 bridgehead atoms. The summed E-state index contributed by atoms with van der Waals surface area (Å²) in [7, 11) is -3.88. The Bertz CT molecular complexity index is 1580. The molecule has 1 amide bonds. The molecule has 14 heteroatoms. The van der Waals surface area contributed by atoms with Crippen LogP contribution in [-0.4, -0.2) is 74.3 Å². The van der Waals surface area contributed by atoms with E-state index in [1.807, 2.05) is 18.2 Å². The summed E-state index contributed by atoms with van der Waals surface area (Å²) in [6.07, 6.45) is -1.54. The van der Waals surface area contributed by atoms with Gasteiger partial charge in [-0.05, 0) is 93.0 Å². The van der Waals surface area contributed by atoms with E-state index in [0.29, 0.717) is 17.8 Å². The predicted molar refractivity (Wildman–Crippen MR) is 163 cm³/mol. The average Bonchev–Trinajstić information content (AvgIpc) is 3.48. The number of pyridine rings is 1. The number of piperazine rings is 1. The molecule has 3 aromatic rings. The molecule has 3 heterocycles. The second-order valence-corrected chi connectivity index (χ2v) is 13.2. The molecular weight excluding hydrogens is 617 g/mol. The zero-order chi connectivity index (χ0) is 31.5. The molecule has 0 radical (unpaired) electrons. The number of nitrogens with two attached hydrogens (primary N) is 1. The molecule has 0 saturated carbocycles. The highest BCUT2D eigenvalue weighted by Crippen LogP contribution is 2.34. The van der Waals surface area contributed by atoms with Gasteiger partial charge in [0.05, 0.1) is 10.5 Å². The third-order valence-electron chi connectivity index (χ3n) is 7.97. The van der Waals surface area contributed by atoms with E-state index in [4.69, 9.17) is 17.3 Å². The van der Waals surface area contributed by atoms with Crippen molar-refractivity contribution in [1.82, 2.24) is 14.2 Å². The SMILES string of the molecule is NCCCN1CCCC1c1cccc(C(=O)Nc2ccc(S(=O)(=O)N3CCN(c4cc(C(F)(F)F)cc(Cl)n4)CC3)cc2)c1. The Morgan fingerprint density at radius 2 is 1.75 bits per heavy atom. The van der Waals surface area contributed by atoms with E-state index in [2.05, 4.69) is 15.2 Å². The first-order valence-corrected chi connectivity index (χ1v) is 16.2. The lowest BCUT2D eigenvalue weighted by Crippen LogP contribution is -2.49. The van der Waals surface area contributed by atoms with E-state index in [-0.39, 0.29) is 54.0 Å². The van der Waals surface area contributed by atoms with Crippen LogP contribution in [0.1, 0.15) is 46.8 Å². The second kappa shape index (κ2) is 13.4. The minimum atomic E-state index is -4.58. The number of halogens is 4. The van der Waals surface area contributed by atoms with Gasteiger partial charge in [0.1, 0.15) is 11.0 Å². The van der Waals surface area contributed by atoms with Crippen LogP contribution >= 0.6 is 11.6 Å². The quantitative estimate of drug-likeness (QED) is 0.314. The number of hydrogen-bond acceptors (Lipinski definition) is 7. The van der Waals surface area contributed by atoms with E-state index in [1.165, 1.54) is 28.6 Å². The van der Waals surface area contributed by atoms with Gasteiger partial charge in [-0.2, -0.15) is 17.5 Å². The minimum Gasteiger partial charge on any atom is -0.354 e. The second-order valence-electron chi connectivity index (χ2n) is 10.9. The summed E-state index contributed by atoms with van der Waals surface area (Å²) in [4.78, 5) is 21.1. The van der Waals surface area contributed by atoms with Crippen LogP contribution in [0, 0.1) is 0 Å². The lowest BCUT2D eigenvalue weighted by molar-refractivity contribution is -0.137. The number of amides is 1.